The minimum Gasteiger partial charge on any atom is -0.497 e. The van der Waals surface area contributed by atoms with Gasteiger partial charge in [0.2, 0.25) is 0 Å². The highest BCUT2D eigenvalue weighted by Crippen LogP contribution is 2.35. The van der Waals surface area contributed by atoms with Gasteiger partial charge in [-0.3, -0.25) is 0 Å². The highest BCUT2D eigenvalue weighted by atomic mass is 35.5. The van der Waals surface area contributed by atoms with Gasteiger partial charge >= 0.3 is 0 Å². The van der Waals surface area contributed by atoms with Crippen LogP contribution < -0.4 is 4.74 Å². The smallest absolute Gasteiger partial charge is 0.131 e. The van der Waals surface area contributed by atoms with E-state index in [0.29, 0.717) is 10.6 Å². The van der Waals surface area contributed by atoms with Gasteiger partial charge in [0, 0.05) is 21.5 Å². The van der Waals surface area contributed by atoms with Crippen molar-refractivity contribution in [2.24, 2.45) is 0 Å². The number of rotatable bonds is 3. The summed E-state index contributed by atoms with van der Waals surface area (Å²) in [4.78, 5) is 4.74. The first-order valence-corrected chi connectivity index (χ1v) is 8.53. The second-order valence-electron chi connectivity index (χ2n) is 5.93. The molecule has 3 aromatic carbocycles. The van der Waals surface area contributed by atoms with Crippen LogP contribution in [0, 0.1) is 5.82 Å². The monoisotopic (exact) mass is 399 g/mol. The van der Waals surface area contributed by atoms with Crippen molar-refractivity contribution in [3.63, 3.8) is 0 Å². The first-order valence-electron chi connectivity index (χ1n) is 8.15. The molecule has 0 aliphatic carbocycles. The lowest BCUT2D eigenvalue weighted by molar-refractivity contribution is 0.415. The van der Waals surface area contributed by atoms with E-state index in [1.165, 1.54) is 6.07 Å². The van der Waals surface area contributed by atoms with Crippen LogP contribution in [0.2, 0.25) is 5.02 Å². The van der Waals surface area contributed by atoms with Gasteiger partial charge in [0.15, 0.2) is 0 Å². The molecule has 0 radical (unpaired) electrons. The van der Waals surface area contributed by atoms with Crippen LogP contribution >= 0.6 is 24.0 Å². The Kier molecular flexibility index (Phi) is 5.64. The van der Waals surface area contributed by atoms with E-state index in [2.05, 4.69) is 0 Å². The summed E-state index contributed by atoms with van der Waals surface area (Å²) in [7, 11) is 1.62. The number of fused-ring (bicyclic) bond motifs is 1. The fraction of sp³-hybridized carbons (Fsp3) is 0.0455. The van der Waals surface area contributed by atoms with Gasteiger partial charge in [-0.1, -0.05) is 41.9 Å². The molecule has 0 saturated heterocycles. The standard InChI is InChI=1S/C22H15ClFNO.ClH/c1-26-16-6-4-5-14(11-16)22-13-18(17-7-2-3-8-20(17)24)19-12-15(23)9-10-21(19)25-22;/h2-13H,1H3;1H. The summed E-state index contributed by atoms with van der Waals surface area (Å²) in [6, 6.07) is 21.7. The molecular weight excluding hydrogens is 384 g/mol. The molecule has 5 heteroatoms. The van der Waals surface area contributed by atoms with Gasteiger partial charge in [0.05, 0.1) is 18.3 Å². The lowest BCUT2D eigenvalue weighted by Crippen LogP contribution is -1.92. The highest BCUT2D eigenvalue weighted by Gasteiger charge is 2.13. The van der Waals surface area contributed by atoms with Crippen molar-refractivity contribution in [3.8, 4) is 28.1 Å². The second-order valence-corrected chi connectivity index (χ2v) is 6.36. The Morgan fingerprint density at radius 3 is 2.48 bits per heavy atom. The summed E-state index contributed by atoms with van der Waals surface area (Å²) in [5, 5.41) is 1.40. The predicted octanol–water partition coefficient (Wildman–Crippen LogP) is 6.79. The molecule has 0 unspecified atom stereocenters. The maximum atomic E-state index is 14.5. The maximum Gasteiger partial charge on any atom is 0.131 e. The average molecular weight is 400 g/mol. The van der Waals surface area contributed by atoms with E-state index >= 15 is 0 Å². The Hall–Kier alpha value is -2.62. The summed E-state index contributed by atoms with van der Waals surface area (Å²) >= 11 is 6.18. The average Bonchev–Trinajstić information content (AvgIpc) is 2.68. The number of methoxy groups -OCH3 is 1. The van der Waals surface area contributed by atoms with Crippen LogP contribution in [0.15, 0.2) is 72.8 Å². The number of aromatic nitrogens is 1. The van der Waals surface area contributed by atoms with Crippen molar-refractivity contribution in [2.45, 2.75) is 0 Å². The normalized spacial score (nSPS) is 10.5. The quantitative estimate of drug-likeness (QED) is 0.378. The van der Waals surface area contributed by atoms with Gasteiger partial charge in [0.25, 0.3) is 0 Å². The van der Waals surface area contributed by atoms with Crippen LogP contribution in [-0.4, -0.2) is 12.1 Å². The van der Waals surface area contributed by atoms with Gasteiger partial charge in [-0.05, 0) is 48.0 Å². The zero-order valence-corrected chi connectivity index (χ0v) is 16.0. The van der Waals surface area contributed by atoms with E-state index < -0.39 is 0 Å². The van der Waals surface area contributed by atoms with Crippen LogP contribution in [-0.2, 0) is 0 Å². The molecule has 4 aromatic rings. The number of hydrogen-bond acceptors (Lipinski definition) is 2. The van der Waals surface area contributed by atoms with Crippen LogP contribution in [0.25, 0.3) is 33.3 Å². The Labute approximate surface area is 168 Å². The topological polar surface area (TPSA) is 22.1 Å². The van der Waals surface area contributed by atoms with Gasteiger partial charge in [-0.15, -0.1) is 12.4 Å². The molecule has 0 bridgehead atoms. The number of ether oxygens (including phenoxy) is 1. The molecular formula is C22H16Cl2FNO. The van der Waals surface area contributed by atoms with Crippen molar-refractivity contribution in [1.29, 1.82) is 0 Å². The summed E-state index contributed by atoms with van der Waals surface area (Å²) in [5.41, 5.74) is 3.68. The molecule has 0 aliphatic rings. The van der Waals surface area contributed by atoms with E-state index in [-0.39, 0.29) is 18.2 Å². The molecule has 0 spiro atoms. The zero-order valence-electron chi connectivity index (χ0n) is 14.4. The molecule has 1 heterocycles. The molecule has 0 N–H and O–H groups in total. The van der Waals surface area contributed by atoms with E-state index in [0.717, 1.165) is 33.5 Å². The summed E-state index contributed by atoms with van der Waals surface area (Å²) < 4.78 is 19.8. The van der Waals surface area contributed by atoms with Crippen molar-refractivity contribution in [1.82, 2.24) is 4.98 Å². The molecule has 27 heavy (non-hydrogen) atoms. The van der Waals surface area contributed by atoms with E-state index in [4.69, 9.17) is 21.3 Å². The third-order valence-electron chi connectivity index (χ3n) is 4.30. The predicted molar refractivity (Wildman–Crippen MR) is 111 cm³/mol. The number of benzene rings is 3. The highest BCUT2D eigenvalue weighted by molar-refractivity contribution is 6.31. The van der Waals surface area contributed by atoms with Crippen LogP contribution in [0.5, 0.6) is 5.75 Å². The van der Waals surface area contributed by atoms with Gasteiger partial charge in [-0.2, -0.15) is 0 Å². The molecule has 0 amide bonds. The number of hydrogen-bond donors (Lipinski definition) is 0. The van der Waals surface area contributed by atoms with Crippen molar-refractivity contribution < 1.29 is 9.13 Å². The van der Waals surface area contributed by atoms with Crippen molar-refractivity contribution >= 4 is 34.9 Å². The molecule has 1 aromatic heterocycles. The second kappa shape index (κ2) is 7.95. The number of halogens is 3. The van der Waals surface area contributed by atoms with Gasteiger partial charge < -0.3 is 4.74 Å². The first-order chi connectivity index (χ1) is 12.7. The largest absolute Gasteiger partial charge is 0.497 e. The lowest BCUT2D eigenvalue weighted by atomic mass is 9.98. The summed E-state index contributed by atoms with van der Waals surface area (Å²) in [6.07, 6.45) is 0. The van der Waals surface area contributed by atoms with E-state index in [1.54, 1.807) is 25.3 Å². The number of pyridine rings is 1. The third kappa shape index (κ3) is 3.75. The van der Waals surface area contributed by atoms with Crippen LogP contribution in [0.1, 0.15) is 0 Å². The van der Waals surface area contributed by atoms with Gasteiger partial charge in [0.1, 0.15) is 11.6 Å². The molecule has 0 fully saturated rings. The van der Waals surface area contributed by atoms with Crippen LogP contribution in [0.3, 0.4) is 0 Å². The Bertz CT molecular complexity index is 1110. The SMILES string of the molecule is COc1cccc(-c2cc(-c3ccccc3F)c3cc(Cl)ccc3n2)c1.Cl. The van der Waals surface area contributed by atoms with Crippen molar-refractivity contribution in [2.75, 3.05) is 7.11 Å². The molecule has 0 aliphatic heterocycles. The Balaban J connectivity index is 0.00000210. The molecule has 0 atom stereocenters. The van der Waals surface area contributed by atoms with E-state index in [1.807, 2.05) is 48.5 Å². The maximum absolute atomic E-state index is 14.5. The third-order valence-corrected chi connectivity index (χ3v) is 4.54. The Morgan fingerprint density at radius 2 is 1.70 bits per heavy atom. The molecule has 136 valence electrons. The lowest BCUT2D eigenvalue weighted by Gasteiger charge is -2.12. The fourth-order valence-corrected chi connectivity index (χ4v) is 3.20. The molecule has 4 rings (SSSR count). The zero-order chi connectivity index (χ0) is 18.1. The van der Waals surface area contributed by atoms with Crippen molar-refractivity contribution in [3.05, 3.63) is 83.6 Å². The molecule has 0 saturated carbocycles. The minimum atomic E-state index is -0.281. The fourth-order valence-electron chi connectivity index (χ4n) is 3.03. The minimum absolute atomic E-state index is 0. The van der Waals surface area contributed by atoms with E-state index in [9.17, 15) is 4.39 Å². The van der Waals surface area contributed by atoms with Crippen LogP contribution in [0.4, 0.5) is 4.39 Å². The van der Waals surface area contributed by atoms with Gasteiger partial charge in [-0.25, -0.2) is 9.37 Å². The first kappa shape index (κ1) is 19.2. The summed E-state index contributed by atoms with van der Waals surface area (Å²) in [6.45, 7) is 0. The summed E-state index contributed by atoms with van der Waals surface area (Å²) in [5.74, 6) is 0.463. The Morgan fingerprint density at radius 1 is 0.889 bits per heavy atom. The number of nitrogens with zero attached hydrogens (tertiary/aromatic N) is 1. The molecule has 2 nitrogen and oxygen atoms in total.